The minimum atomic E-state index is -3.93. The smallest absolute Gasteiger partial charge is 0.368 e. The van der Waals surface area contributed by atoms with Crippen molar-refractivity contribution in [2.24, 2.45) is 11.8 Å². The lowest BCUT2D eigenvalue weighted by molar-refractivity contribution is -0.134. The van der Waals surface area contributed by atoms with Gasteiger partial charge < -0.3 is 14.7 Å². The second-order valence-corrected chi connectivity index (χ2v) is 12.6. The van der Waals surface area contributed by atoms with Crippen LogP contribution in [0.15, 0.2) is 34.0 Å². The molecule has 1 aromatic carbocycles. The number of rotatable bonds is 7. The number of sulfonamides is 1. The zero-order valence-corrected chi connectivity index (χ0v) is 22.2. The number of aliphatic carboxylic acids is 1. The Kier molecular flexibility index (Phi) is 8.51. The number of benzene rings is 1. The number of carboxylic acids is 1. The maximum absolute atomic E-state index is 14.0. The molecule has 0 amide bonds. The van der Waals surface area contributed by atoms with Crippen LogP contribution in [0, 0.1) is 11.8 Å². The van der Waals surface area contributed by atoms with E-state index in [4.69, 9.17) is 9.84 Å². The molecule has 0 saturated carbocycles. The highest BCUT2D eigenvalue weighted by Crippen LogP contribution is 2.44. The quantitative estimate of drug-likeness (QED) is 0.320. The predicted molar refractivity (Wildman–Crippen MR) is 130 cm³/mol. The molecule has 2 rings (SSSR count). The molecule has 1 aromatic rings. The summed E-state index contributed by atoms with van der Waals surface area (Å²) in [6, 6.07) is 2.87. The van der Waals surface area contributed by atoms with Gasteiger partial charge in [0.05, 0.1) is 10.6 Å². The number of anilines is 1. The first-order chi connectivity index (χ1) is 15.1. The highest BCUT2D eigenvalue weighted by molar-refractivity contribution is 7.98. The Balaban J connectivity index is 2.84. The number of ether oxygens (including phenoxy) is 1. The summed E-state index contributed by atoms with van der Waals surface area (Å²) in [5.41, 5.74) is 0.178. The Hall–Kier alpha value is -1.78. The van der Waals surface area contributed by atoms with Crippen molar-refractivity contribution in [3.05, 3.63) is 24.2 Å². The molecule has 0 radical (unpaired) electrons. The molecule has 186 valence electrons. The van der Waals surface area contributed by atoms with Crippen LogP contribution in [0.25, 0.3) is 0 Å². The highest BCUT2D eigenvalue weighted by atomic mass is 32.2. The average molecular weight is 503 g/mol. The van der Waals surface area contributed by atoms with E-state index in [1.54, 1.807) is 16.6 Å². The van der Waals surface area contributed by atoms with Crippen LogP contribution < -0.4 is 9.64 Å². The van der Waals surface area contributed by atoms with Gasteiger partial charge in [-0.2, -0.15) is 8.70 Å². The molecule has 33 heavy (non-hydrogen) atoms. The number of hydrogen-bond acceptors (Lipinski definition) is 6. The highest BCUT2D eigenvalue weighted by Gasteiger charge is 2.43. The molecule has 10 heteroatoms. The van der Waals surface area contributed by atoms with Gasteiger partial charge in [0.15, 0.2) is 0 Å². The second kappa shape index (κ2) is 10.2. The van der Waals surface area contributed by atoms with Gasteiger partial charge in [0.1, 0.15) is 16.9 Å². The molecule has 7 nitrogen and oxygen atoms in total. The zero-order valence-electron chi connectivity index (χ0n) is 20.5. The largest absolute Gasteiger partial charge is 0.476 e. The van der Waals surface area contributed by atoms with Crippen molar-refractivity contribution in [3.8, 4) is 5.75 Å². The zero-order chi connectivity index (χ0) is 25.3. The molecular weight excluding hydrogens is 467 g/mol. The fourth-order valence-corrected chi connectivity index (χ4v) is 6.46. The summed E-state index contributed by atoms with van der Waals surface area (Å²) < 4.78 is 48.5. The van der Waals surface area contributed by atoms with E-state index >= 15 is 0 Å². The molecule has 1 aliphatic rings. The number of halogens is 1. The van der Waals surface area contributed by atoms with E-state index in [2.05, 4.69) is 4.90 Å². The number of fused-ring (bicyclic) bond motifs is 1. The molecule has 0 bridgehead atoms. The Morgan fingerprint density at radius 3 is 2.36 bits per heavy atom. The number of carbonyl (C=O) groups is 1. The number of hydrogen-bond donors (Lipinski definition) is 1. The third kappa shape index (κ3) is 6.02. The summed E-state index contributed by atoms with van der Waals surface area (Å²) in [7, 11) is -3.93. The minimum absolute atomic E-state index is 0.0677. The molecule has 0 aliphatic carbocycles. The molecule has 1 heterocycles. The normalized spacial score (nSPS) is 19.5. The first-order valence-corrected chi connectivity index (χ1v) is 13.5. The maximum Gasteiger partial charge on any atom is 0.368 e. The van der Waals surface area contributed by atoms with Crippen molar-refractivity contribution in [2.75, 3.05) is 24.2 Å². The van der Waals surface area contributed by atoms with E-state index in [0.717, 1.165) is 0 Å². The molecule has 1 aliphatic heterocycles. The van der Waals surface area contributed by atoms with Crippen molar-refractivity contribution >= 4 is 33.4 Å². The monoisotopic (exact) mass is 502 g/mol. The molecule has 1 atom stereocenters. The van der Waals surface area contributed by atoms with Crippen LogP contribution in [-0.2, 0) is 14.8 Å². The van der Waals surface area contributed by atoms with Crippen LogP contribution >= 0.6 is 11.8 Å². The lowest BCUT2D eigenvalue weighted by atomic mass is 9.98. The third-order valence-corrected chi connectivity index (χ3v) is 8.16. The van der Waals surface area contributed by atoms with Gasteiger partial charge >= 0.3 is 5.97 Å². The summed E-state index contributed by atoms with van der Waals surface area (Å²) in [4.78, 5) is 13.6. The van der Waals surface area contributed by atoms with Gasteiger partial charge in [0.2, 0.25) is 15.9 Å². The number of thioether (sulfide) groups is 1. The first kappa shape index (κ1) is 27.5. The predicted octanol–water partition coefficient (Wildman–Crippen LogP) is 4.97. The van der Waals surface area contributed by atoms with Crippen molar-refractivity contribution in [2.45, 2.75) is 69.8 Å². The molecule has 0 aromatic heterocycles. The van der Waals surface area contributed by atoms with E-state index in [1.165, 1.54) is 17.8 Å². The van der Waals surface area contributed by atoms with Crippen LogP contribution in [0.4, 0.5) is 10.1 Å². The first-order valence-electron chi connectivity index (χ1n) is 10.9. The van der Waals surface area contributed by atoms with Crippen molar-refractivity contribution in [1.82, 2.24) is 4.31 Å². The van der Waals surface area contributed by atoms with Gasteiger partial charge in [0, 0.05) is 30.7 Å². The van der Waals surface area contributed by atoms with Crippen molar-refractivity contribution in [3.63, 3.8) is 0 Å². The van der Waals surface area contributed by atoms with Crippen LogP contribution in [-0.4, -0.2) is 54.7 Å². The van der Waals surface area contributed by atoms with E-state index in [9.17, 15) is 17.6 Å². The molecule has 0 fully saturated rings. The maximum atomic E-state index is 14.0. The fourth-order valence-electron chi connectivity index (χ4n) is 3.82. The van der Waals surface area contributed by atoms with Crippen molar-refractivity contribution in [1.29, 1.82) is 0 Å². The molecule has 0 saturated heterocycles. The Bertz CT molecular complexity index is 1020. The van der Waals surface area contributed by atoms with Crippen LogP contribution in [0.5, 0.6) is 5.75 Å². The van der Waals surface area contributed by atoms with Crippen LogP contribution in [0.3, 0.4) is 0 Å². The number of carboxylic acid groups (broad SMARTS) is 1. The molecule has 0 unspecified atom stereocenters. The average Bonchev–Trinajstić information content (AvgIpc) is 2.77. The van der Waals surface area contributed by atoms with E-state index < -0.39 is 21.8 Å². The Labute approximate surface area is 201 Å². The van der Waals surface area contributed by atoms with Gasteiger partial charge in [-0.3, -0.25) is 0 Å². The minimum Gasteiger partial charge on any atom is -0.476 e. The van der Waals surface area contributed by atoms with Gasteiger partial charge in [-0.1, -0.05) is 27.7 Å². The lowest BCUT2D eigenvalue weighted by Crippen LogP contribution is -2.52. The van der Waals surface area contributed by atoms with Crippen LogP contribution in [0.1, 0.15) is 48.5 Å². The van der Waals surface area contributed by atoms with E-state index in [0.29, 0.717) is 29.9 Å². The molecule has 1 N–H and O–H groups in total. The van der Waals surface area contributed by atoms with E-state index in [1.807, 2.05) is 48.5 Å². The Morgan fingerprint density at radius 1 is 1.30 bits per heavy atom. The van der Waals surface area contributed by atoms with Crippen molar-refractivity contribution < 1.29 is 27.4 Å². The molecular formula is C23H35FN2O5S2. The Morgan fingerprint density at radius 2 is 1.91 bits per heavy atom. The standard InChI is InChI=1S/C23H35FN2O5S2/c1-14(2)11-26-18(15(3)4)12-25(23(5,6)7)17-9-20(32-8)19(10-21(17)33(26,29)30)31-13-16(24)22(27)28/h9-10,13-15,18H,11-12H2,1-8H3,(H,27,28)/b16-13-/t18-/m0/s1. The van der Waals surface area contributed by atoms with Gasteiger partial charge in [-0.25, -0.2) is 13.2 Å². The summed E-state index contributed by atoms with van der Waals surface area (Å²) >= 11 is 1.31. The van der Waals surface area contributed by atoms with Gasteiger partial charge in [-0.15, -0.1) is 11.8 Å². The summed E-state index contributed by atoms with van der Waals surface area (Å²) in [6.45, 7) is 15.0. The van der Waals surface area contributed by atoms with Gasteiger partial charge in [-0.05, 0) is 44.9 Å². The topological polar surface area (TPSA) is 87.1 Å². The lowest BCUT2D eigenvalue weighted by Gasteiger charge is -2.41. The number of nitrogens with zero attached hydrogens (tertiary/aromatic N) is 2. The summed E-state index contributed by atoms with van der Waals surface area (Å²) in [5.74, 6) is -2.97. The fraction of sp³-hybridized carbons (Fsp3) is 0.609. The third-order valence-electron chi connectivity index (χ3n) is 5.48. The van der Waals surface area contributed by atoms with Gasteiger partial charge in [0.25, 0.3) is 0 Å². The van der Waals surface area contributed by atoms with Crippen LogP contribution in [0.2, 0.25) is 0 Å². The molecule has 0 spiro atoms. The summed E-state index contributed by atoms with van der Waals surface area (Å²) in [5, 5.41) is 8.79. The second-order valence-electron chi connectivity index (χ2n) is 9.92. The van der Waals surface area contributed by atoms with E-state index in [-0.39, 0.29) is 34.1 Å². The SMILES string of the molecule is CSc1cc2c(cc1O/C=C(\F)C(=O)O)S(=O)(=O)N(CC(C)C)[C@H](C(C)C)CN2C(C)(C)C. The summed E-state index contributed by atoms with van der Waals surface area (Å²) in [6.07, 6.45) is 2.28.